The molecule has 2 N–H and O–H groups in total. The number of rotatable bonds is 4. The van der Waals surface area contributed by atoms with Gasteiger partial charge in [-0.15, -0.1) is 0 Å². The first-order valence-electron chi connectivity index (χ1n) is 7.73. The Morgan fingerprint density at radius 2 is 1.82 bits per heavy atom. The molecule has 116 valence electrons. The van der Waals surface area contributed by atoms with Gasteiger partial charge in [-0.1, -0.05) is 43.3 Å². The Labute approximate surface area is 139 Å². The van der Waals surface area contributed by atoms with Crippen LogP contribution in [0.3, 0.4) is 0 Å². The Kier molecular flexibility index (Phi) is 5.56. The lowest BCUT2D eigenvalue weighted by atomic mass is 10.0. The second kappa shape index (κ2) is 7.41. The standard InChI is InChI=1S/C19H24N2S/c1-5-16-8-6-7-9-18(16)21-19(22)20-15(4)17-11-10-13(2)14(3)12-17/h6-12,15H,5H2,1-4H3,(H2,20,21,22)/t15-/m1/s1. The van der Waals surface area contributed by atoms with Crippen LogP contribution in [-0.2, 0) is 6.42 Å². The molecule has 0 unspecified atom stereocenters. The molecule has 0 bridgehead atoms. The highest BCUT2D eigenvalue weighted by molar-refractivity contribution is 7.80. The van der Waals surface area contributed by atoms with Gasteiger partial charge in [-0.05, 0) is 67.7 Å². The summed E-state index contributed by atoms with van der Waals surface area (Å²) in [7, 11) is 0. The van der Waals surface area contributed by atoms with Crippen LogP contribution in [0, 0.1) is 13.8 Å². The van der Waals surface area contributed by atoms with Crippen molar-refractivity contribution < 1.29 is 0 Å². The van der Waals surface area contributed by atoms with Crippen molar-refractivity contribution in [2.75, 3.05) is 5.32 Å². The van der Waals surface area contributed by atoms with Crippen molar-refractivity contribution in [3.63, 3.8) is 0 Å². The van der Waals surface area contributed by atoms with Crippen LogP contribution in [0.4, 0.5) is 5.69 Å². The normalized spacial score (nSPS) is 11.8. The Bertz CT molecular complexity index is 664. The molecule has 0 heterocycles. The number of benzene rings is 2. The van der Waals surface area contributed by atoms with Crippen molar-refractivity contribution in [2.24, 2.45) is 0 Å². The first-order chi connectivity index (χ1) is 10.5. The van der Waals surface area contributed by atoms with Crippen molar-refractivity contribution in [3.05, 3.63) is 64.7 Å². The molecule has 0 radical (unpaired) electrons. The van der Waals surface area contributed by atoms with E-state index < -0.39 is 0 Å². The van der Waals surface area contributed by atoms with Gasteiger partial charge in [-0.25, -0.2) is 0 Å². The zero-order valence-corrected chi connectivity index (χ0v) is 14.6. The third-order valence-corrected chi connectivity index (χ3v) is 4.24. The number of para-hydroxylation sites is 1. The Hall–Kier alpha value is -1.87. The van der Waals surface area contributed by atoms with Gasteiger partial charge < -0.3 is 10.6 Å². The summed E-state index contributed by atoms with van der Waals surface area (Å²) in [6, 6.07) is 15.0. The van der Waals surface area contributed by atoms with Gasteiger partial charge in [0.1, 0.15) is 0 Å². The molecule has 3 heteroatoms. The van der Waals surface area contributed by atoms with Crippen molar-refractivity contribution in [1.29, 1.82) is 0 Å². The average molecular weight is 312 g/mol. The summed E-state index contributed by atoms with van der Waals surface area (Å²) in [4.78, 5) is 0. The van der Waals surface area contributed by atoms with Crippen LogP contribution < -0.4 is 10.6 Å². The predicted octanol–water partition coefficient (Wildman–Crippen LogP) is 4.91. The highest BCUT2D eigenvalue weighted by Gasteiger charge is 2.09. The SMILES string of the molecule is CCc1ccccc1NC(=S)N[C@H](C)c1ccc(C)c(C)c1. The lowest BCUT2D eigenvalue weighted by Gasteiger charge is -2.19. The lowest BCUT2D eigenvalue weighted by Crippen LogP contribution is -2.31. The Balaban J connectivity index is 2.03. The van der Waals surface area contributed by atoms with E-state index in [2.05, 4.69) is 74.7 Å². The summed E-state index contributed by atoms with van der Waals surface area (Å²) in [5.74, 6) is 0. The van der Waals surface area contributed by atoms with Crippen LogP contribution in [0.25, 0.3) is 0 Å². The van der Waals surface area contributed by atoms with Crippen LogP contribution in [0.15, 0.2) is 42.5 Å². The molecule has 2 rings (SSSR count). The summed E-state index contributed by atoms with van der Waals surface area (Å²) in [6.07, 6.45) is 0.985. The van der Waals surface area contributed by atoms with E-state index in [-0.39, 0.29) is 6.04 Å². The average Bonchev–Trinajstić information content (AvgIpc) is 2.50. The fraction of sp³-hybridized carbons (Fsp3) is 0.316. The minimum Gasteiger partial charge on any atom is -0.356 e. The number of nitrogens with one attached hydrogen (secondary N) is 2. The van der Waals surface area contributed by atoms with Crippen molar-refractivity contribution in [3.8, 4) is 0 Å². The monoisotopic (exact) mass is 312 g/mol. The minimum absolute atomic E-state index is 0.174. The molecule has 2 aromatic carbocycles. The highest BCUT2D eigenvalue weighted by atomic mass is 32.1. The van der Waals surface area contributed by atoms with Gasteiger partial charge in [-0.2, -0.15) is 0 Å². The summed E-state index contributed by atoms with van der Waals surface area (Å²) in [5.41, 5.74) is 6.21. The maximum atomic E-state index is 5.46. The maximum Gasteiger partial charge on any atom is 0.171 e. The van der Waals surface area contributed by atoms with Gasteiger partial charge in [0.15, 0.2) is 5.11 Å². The summed E-state index contributed by atoms with van der Waals surface area (Å²) in [6.45, 7) is 8.54. The Morgan fingerprint density at radius 3 is 2.50 bits per heavy atom. The van der Waals surface area contributed by atoms with Crippen LogP contribution >= 0.6 is 12.2 Å². The summed E-state index contributed by atoms with van der Waals surface area (Å²) < 4.78 is 0. The van der Waals surface area contributed by atoms with Crippen molar-refractivity contribution in [2.45, 2.75) is 40.2 Å². The largest absolute Gasteiger partial charge is 0.356 e. The maximum absolute atomic E-state index is 5.46. The second-order valence-electron chi connectivity index (χ2n) is 5.67. The van der Waals surface area contributed by atoms with Crippen molar-refractivity contribution in [1.82, 2.24) is 5.32 Å². The molecule has 0 aliphatic heterocycles. The molecule has 2 nitrogen and oxygen atoms in total. The molecule has 0 aromatic heterocycles. The number of hydrogen-bond donors (Lipinski definition) is 2. The van der Waals surface area contributed by atoms with Gasteiger partial charge >= 0.3 is 0 Å². The zero-order chi connectivity index (χ0) is 16.1. The summed E-state index contributed by atoms with van der Waals surface area (Å²) in [5, 5.41) is 7.33. The van der Waals surface area contributed by atoms with Crippen molar-refractivity contribution >= 4 is 23.0 Å². The van der Waals surface area contributed by atoms with Gasteiger partial charge in [-0.3, -0.25) is 0 Å². The molecular formula is C19H24N2S. The predicted molar refractivity (Wildman–Crippen MR) is 99.5 cm³/mol. The van der Waals surface area contributed by atoms with Gasteiger partial charge in [0.25, 0.3) is 0 Å². The number of anilines is 1. The number of thiocarbonyl (C=S) groups is 1. The fourth-order valence-electron chi connectivity index (χ4n) is 2.42. The van der Waals surface area contributed by atoms with Gasteiger partial charge in [0, 0.05) is 5.69 Å². The molecule has 1 atom stereocenters. The number of hydrogen-bond acceptors (Lipinski definition) is 1. The fourth-order valence-corrected chi connectivity index (χ4v) is 2.71. The summed E-state index contributed by atoms with van der Waals surface area (Å²) >= 11 is 5.46. The van der Waals surface area contributed by atoms with Crippen LogP contribution in [-0.4, -0.2) is 5.11 Å². The lowest BCUT2D eigenvalue weighted by molar-refractivity contribution is 0.721. The van der Waals surface area contributed by atoms with E-state index in [1.54, 1.807) is 0 Å². The molecule has 0 saturated carbocycles. The third kappa shape index (κ3) is 4.08. The number of aryl methyl sites for hydroxylation is 3. The van der Waals surface area contributed by atoms with E-state index in [4.69, 9.17) is 12.2 Å². The molecule has 2 aromatic rings. The minimum atomic E-state index is 0.174. The smallest absolute Gasteiger partial charge is 0.171 e. The van der Waals surface area contributed by atoms with E-state index in [0.717, 1.165) is 12.1 Å². The van der Waals surface area contributed by atoms with Gasteiger partial charge in [0.05, 0.1) is 6.04 Å². The third-order valence-electron chi connectivity index (χ3n) is 4.03. The Morgan fingerprint density at radius 1 is 1.09 bits per heavy atom. The van der Waals surface area contributed by atoms with Crippen LogP contribution in [0.2, 0.25) is 0 Å². The first-order valence-corrected chi connectivity index (χ1v) is 8.14. The highest BCUT2D eigenvalue weighted by Crippen LogP contribution is 2.18. The zero-order valence-electron chi connectivity index (χ0n) is 13.7. The van der Waals surface area contributed by atoms with E-state index in [1.807, 2.05) is 6.07 Å². The molecule has 0 aliphatic carbocycles. The second-order valence-corrected chi connectivity index (χ2v) is 6.08. The van der Waals surface area contributed by atoms with E-state index in [0.29, 0.717) is 5.11 Å². The molecule has 22 heavy (non-hydrogen) atoms. The molecule has 0 saturated heterocycles. The molecule has 0 aliphatic rings. The van der Waals surface area contributed by atoms with E-state index in [9.17, 15) is 0 Å². The van der Waals surface area contributed by atoms with Gasteiger partial charge in [0.2, 0.25) is 0 Å². The van der Waals surface area contributed by atoms with Crippen LogP contribution in [0.1, 0.15) is 42.1 Å². The topological polar surface area (TPSA) is 24.1 Å². The molecular weight excluding hydrogens is 288 g/mol. The van der Waals surface area contributed by atoms with Crippen LogP contribution in [0.5, 0.6) is 0 Å². The molecule has 0 fully saturated rings. The molecule has 0 spiro atoms. The van der Waals surface area contributed by atoms with E-state index in [1.165, 1.54) is 22.3 Å². The molecule has 0 amide bonds. The first kappa shape index (κ1) is 16.5. The quantitative estimate of drug-likeness (QED) is 0.784. The van der Waals surface area contributed by atoms with E-state index >= 15 is 0 Å².